The van der Waals surface area contributed by atoms with Gasteiger partial charge in [-0.25, -0.2) is 0 Å². The number of aliphatic hydroxyl groups is 3. The van der Waals surface area contributed by atoms with E-state index in [0.717, 1.165) is 0 Å². The Labute approximate surface area is 70.5 Å². The van der Waals surface area contributed by atoms with Crippen LogP contribution in [0.4, 0.5) is 0 Å². The Balaban J connectivity index is 2.59. The van der Waals surface area contributed by atoms with Gasteiger partial charge in [0.2, 0.25) is 0 Å². The normalized spacial score (nSPS) is 44.0. The summed E-state index contributed by atoms with van der Waals surface area (Å²) in [4.78, 5) is 0. The molecule has 1 aliphatic heterocycles. The van der Waals surface area contributed by atoms with Crippen LogP contribution in [0.3, 0.4) is 0 Å². The Bertz CT molecular complexity index is 138. The molecule has 4 unspecified atom stereocenters. The Morgan fingerprint density at radius 3 is 2.50 bits per heavy atom. The zero-order valence-electron chi connectivity index (χ0n) is 6.88. The third-order valence-corrected chi connectivity index (χ3v) is 1.95. The van der Waals surface area contributed by atoms with E-state index >= 15 is 0 Å². The summed E-state index contributed by atoms with van der Waals surface area (Å²) in [5.41, 5.74) is 0. The first-order valence-electron chi connectivity index (χ1n) is 3.85. The molecule has 3 N–H and O–H groups in total. The molecule has 72 valence electrons. The Hall–Kier alpha value is -0.200. The summed E-state index contributed by atoms with van der Waals surface area (Å²) in [5.74, 6) is 0. The molecule has 0 amide bonds. The fourth-order valence-corrected chi connectivity index (χ4v) is 1.17. The van der Waals surface area contributed by atoms with Gasteiger partial charge in [-0.2, -0.15) is 0 Å². The summed E-state index contributed by atoms with van der Waals surface area (Å²) in [5, 5.41) is 27.8. The van der Waals surface area contributed by atoms with Crippen LogP contribution in [-0.4, -0.2) is 53.6 Å². The Morgan fingerprint density at radius 1 is 1.25 bits per heavy atom. The highest BCUT2D eigenvalue weighted by atomic mass is 16.7. The lowest BCUT2D eigenvalue weighted by Crippen LogP contribution is -2.43. The van der Waals surface area contributed by atoms with E-state index in [1.165, 1.54) is 7.11 Å². The van der Waals surface area contributed by atoms with Crippen molar-refractivity contribution >= 4 is 0 Å². The van der Waals surface area contributed by atoms with Gasteiger partial charge in [-0.1, -0.05) is 0 Å². The van der Waals surface area contributed by atoms with Gasteiger partial charge in [0, 0.05) is 7.11 Å². The molecule has 1 heterocycles. The minimum Gasteiger partial charge on any atom is -0.390 e. The molecule has 5 heteroatoms. The van der Waals surface area contributed by atoms with Gasteiger partial charge >= 0.3 is 0 Å². The predicted octanol–water partition coefficient (Wildman–Crippen LogP) is -1.54. The van der Waals surface area contributed by atoms with E-state index in [1.807, 2.05) is 0 Å². The summed E-state index contributed by atoms with van der Waals surface area (Å²) in [7, 11) is 1.37. The Kier molecular flexibility index (Phi) is 3.42. The fourth-order valence-electron chi connectivity index (χ4n) is 1.17. The zero-order chi connectivity index (χ0) is 9.14. The second-order valence-electron chi connectivity index (χ2n) is 2.81. The third-order valence-electron chi connectivity index (χ3n) is 1.95. The van der Waals surface area contributed by atoms with Crippen LogP contribution in [0.1, 0.15) is 6.42 Å². The first kappa shape index (κ1) is 9.88. The van der Waals surface area contributed by atoms with Crippen LogP contribution in [-0.2, 0) is 9.47 Å². The molecule has 0 aromatic rings. The Morgan fingerprint density at radius 2 is 1.92 bits per heavy atom. The van der Waals surface area contributed by atoms with Crippen LogP contribution in [0, 0.1) is 0 Å². The van der Waals surface area contributed by atoms with Crippen LogP contribution >= 0.6 is 0 Å². The molecule has 1 saturated heterocycles. The predicted molar refractivity (Wildman–Crippen MR) is 39.4 cm³/mol. The van der Waals surface area contributed by atoms with E-state index in [0.29, 0.717) is 6.42 Å². The SMILES string of the molecule is COC1OCCC(O)C(O)C1O. The van der Waals surface area contributed by atoms with Gasteiger partial charge in [-0.05, 0) is 6.42 Å². The topological polar surface area (TPSA) is 79.2 Å². The largest absolute Gasteiger partial charge is 0.390 e. The van der Waals surface area contributed by atoms with E-state index in [9.17, 15) is 15.3 Å². The van der Waals surface area contributed by atoms with Crippen LogP contribution in [0.2, 0.25) is 0 Å². The quantitative estimate of drug-likeness (QED) is 0.453. The van der Waals surface area contributed by atoms with E-state index in [4.69, 9.17) is 9.47 Å². The van der Waals surface area contributed by atoms with Crippen LogP contribution in [0.15, 0.2) is 0 Å². The lowest BCUT2D eigenvalue weighted by Gasteiger charge is -2.23. The number of hydrogen-bond acceptors (Lipinski definition) is 5. The molecule has 0 radical (unpaired) electrons. The third kappa shape index (κ3) is 1.94. The standard InChI is InChI=1S/C7H14O5/c1-11-7-6(10)5(9)4(8)2-3-12-7/h4-10H,2-3H2,1H3. The molecule has 0 aliphatic carbocycles. The van der Waals surface area contributed by atoms with E-state index in [2.05, 4.69) is 0 Å². The van der Waals surface area contributed by atoms with Crippen LogP contribution in [0.5, 0.6) is 0 Å². The molecule has 0 spiro atoms. The van der Waals surface area contributed by atoms with Crippen LogP contribution in [0.25, 0.3) is 0 Å². The maximum atomic E-state index is 9.33. The minimum absolute atomic E-state index is 0.272. The molecule has 1 aliphatic rings. The van der Waals surface area contributed by atoms with Crippen molar-refractivity contribution in [1.82, 2.24) is 0 Å². The van der Waals surface area contributed by atoms with Gasteiger partial charge < -0.3 is 24.8 Å². The van der Waals surface area contributed by atoms with Gasteiger partial charge in [0.25, 0.3) is 0 Å². The van der Waals surface area contributed by atoms with Crippen molar-refractivity contribution in [3.63, 3.8) is 0 Å². The lowest BCUT2D eigenvalue weighted by atomic mass is 10.1. The van der Waals surface area contributed by atoms with Gasteiger partial charge in [-0.3, -0.25) is 0 Å². The lowest BCUT2D eigenvalue weighted by molar-refractivity contribution is -0.195. The summed E-state index contributed by atoms with van der Waals surface area (Å²) in [6, 6.07) is 0. The minimum atomic E-state index is -1.20. The molecule has 12 heavy (non-hydrogen) atoms. The number of ether oxygens (including phenoxy) is 2. The number of hydrogen-bond donors (Lipinski definition) is 3. The maximum Gasteiger partial charge on any atom is 0.185 e. The van der Waals surface area contributed by atoms with E-state index in [1.54, 1.807) is 0 Å². The number of aliphatic hydroxyl groups excluding tert-OH is 3. The van der Waals surface area contributed by atoms with Crippen molar-refractivity contribution in [2.75, 3.05) is 13.7 Å². The molecule has 0 saturated carbocycles. The first-order valence-corrected chi connectivity index (χ1v) is 3.85. The molecule has 0 aromatic carbocycles. The van der Waals surface area contributed by atoms with Crippen molar-refractivity contribution in [3.05, 3.63) is 0 Å². The monoisotopic (exact) mass is 178 g/mol. The molecule has 0 aromatic heterocycles. The van der Waals surface area contributed by atoms with Crippen molar-refractivity contribution < 1.29 is 24.8 Å². The molecular formula is C7H14O5. The first-order chi connectivity index (χ1) is 5.66. The molecule has 1 fully saturated rings. The molecule has 5 nitrogen and oxygen atoms in total. The highest BCUT2D eigenvalue weighted by molar-refractivity contribution is 4.80. The van der Waals surface area contributed by atoms with Gasteiger partial charge in [0.1, 0.15) is 12.2 Å². The van der Waals surface area contributed by atoms with Gasteiger partial charge in [0.15, 0.2) is 6.29 Å². The maximum absolute atomic E-state index is 9.33. The van der Waals surface area contributed by atoms with Crippen molar-refractivity contribution in [1.29, 1.82) is 0 Å². The van der Waals surface area contributed by atoms with Gasteiger partial charge in [-0.15, -0.1) is 0 Å². The van der Waals surface area contributed by atoms with Gasteiger partial charge in [0.05, 0.1) is 12.7 Å². The fraction of sp³-hybridized carbons (Fsp3) is 1.00. The average molecular weight is 178 g/mol. The second kappa shape index (κ2) is 4.15. The summed E-state index contributed by atoms with van der Waals surface area (Å²) in [6.07, 6.45) is -3.87. The van der Waals surface area contributed by atoms with Crippen molar-refractivity contribution in [2.24, 2.45) is 0 Å². The highest BCUT2D eigenvalue weighted by Gasteiger charge is 2.34. The molecule has 4 atom stereocenters. The summed E-state index contributed by atoms with van der Waals surface area (Å²) >= 11 is 0. The second-order valence-corrected chi connectivity index (χ2v) is 2.81. The van der Waals surface area contributed by atoms with Crippen molar-refractivity contribution in [3.8, 4) is 0 Å². The highest BCUT2D eigenvalue weighted by Crippen LogP contribution is 2.15. The summed E-state index contributed by atoms with van der Waals surface area (Å²) < 4.78 is 9.77. The van der Waals surface area contributed by atoms with E-state index in [-0.39, 0.29) is 6.61 Å². The molecular weight excluding hydrogens is 164 g/mol. The molecule has 1 rings (SSSR count). The smallest absolute Gasteiger partial charge is 0.185 e. The zero-order valence-corrected chi connectivity index (χ0v) is 6.88. The summed E-state index contributed by atoms with van der Waals surface area (Å²) in [6.45, 7) is 0.272. The number of rotatable bonds is 1. The average Bonchev–Trinajstić information content (AvgIpc) is 2.19. The number of methoxy groups -OCH3 is 1. The molecule has 0 bridgehead atoms. The van der Waals surface area contributed by atoms with Crippen LogP contribution < -0.4 is 0 Å². The van der Waals surface area contributed by atoms with Crippen molar-refractivity contribution in [2.45, 2.75) is 31.0 Å². The van der Waals surface area contributed by atoms with E-state index < -0.39 is 24.6 Å².